The Morgan fingerprint density at radius 3 is 2.66 bits per heavy atom. The molecule has 0 saturated carbocycles. The van der Waals surface area contributed by atoms with E-state index in [-0.39, 0.29) is 33.3 Å². The Bertz CT molecular complexity index is 1130. The second kappa shape index (κ2) is 11.0. The van der Waals surface area contributed by atoms with E-state index in [2.05, 4.69) is 15.6 Å². The molecule has 2 aromatic carbocycles. The van der Waals surface area contributed by atoms with Crippen molar-refractivity contribution in [3.8, 4) is 0 Å². The number of nitrogens with one attached hydrogen (secondary N) is 2. The molecule has 1 aliphatic rings. The number of sulfone groups is 1. The average molecular weight is 495 g/mol. The van der Waals surface area contributed by atoms with Crippen LogP contribution in [0.4, 0.5) is 0 Å². The van der Waals surface area contributed by atoms with E-state index < -0.39 is 9.84 Å². The van der Waals surface area contributed by atoms with Gasteiger partial charge in [-0.05, 0) is 17.7 Å². The molecular weight excluding hydrogens is 471 g/mol. The van der Waals surface area contributed by atoms with Crippen molar-refractivity contribution in [3.63, 3.8) is 0 Å². The zero-order valence-electron chi connectivity index (χ0n) is 17.5. The maximum Gasteiger partial charge on any atom is 0.246 e. The predicted molar refractivity (Wildman–Crippen MR) is 128 cm³/mol. The van der Waals surface area contributed by atoms with Gasteiger partial charge in [-0.3, -0.25) is 15.1 Å². The molecule has 0 saturated heterocycles. The van der Waals surface area contributed by atoms with Gasteiger partial charge in [-0.15, -0.1) is 0 Å². The van der Waals surface area contributed by atoms with E-state index in [9.17, 15) is 13.2 Å². The average Bonchev–Trinajstić information content (AvgIpc) is 3.30. The number of hydrogen-bond acceptors (Lipinski definition) is 6. The van der Waals surface area contributed by atoms with Crippen LogP contribution in [0.25, 0.3) is 0 Å². The lowest BCUT2D eigenvalue weighted by Crippen LogP contribution is -2.26. The van der Waals surface area contributed by atoms with Crippen molar-refractivity contribution in [2.75, 3.05) is 32.6 Å². The van der Waals surface area contributed by atoms with Gasteiger partial charge in [-0.25, -0.2) is 8.42 Å². The monoisotopic (exact) mass is 494 g/mol. The molecule has 2 N–H and O–H groups in total. The highest BCUT2D eigenvalue weighted by Crippen LogP contribution is 2.29. The van der Waals surface area contributed by atoms with Crippen molar-refractivity contribution < 1.29 is 13.2 Å². The van der Waals surface area contributed by atoms with Crippen LogP contribution in [-0.4, -0.2) is 57.6 Å². The van der Waals surface area contributed by atoms with Gasteiger partial charge < -0.3 is 10.2 Å². The minimum absolute atomic E-state index is 0.00355. The lowest BCUT2D eigenvalue weighted by molar-refractivity contribution is -0.125. The number of hydrogen-bond donors (Lipinski definition) is 2. The number of halogens is 2. The van der Waals surface area contributed by atoms with E-state index in [1.54, 1.807) is 18.0 Å². The fourth-order valence-electron chi connectivity index (χ4n) is 3.08. The summed E-state index contributed by atoms with van der Waals surface area (Å²) in [5, 5.41) is 6.20. The zero-order valence-corrected chi connectivity index (χ0v) is 19.8. The van der Waals surface area contributed by atoms with E-state index in [0.717, 1.165) is 30.1 Å². The van der Waals surface area contributed by atoms with Crippen LogP contribution in [0.1, 0.15) is 11.1 Å². The molecule has 7 nitrogen and oxygen atoms in total. The summed E-state index contributed by atoms with van der Waals surface area (Å²) in [7, 11) is -1.94. The number of carbonyl (C=O) groups excluding carboxylic acids is 1. The minimum atomic E-state index is -3.65. The lowest BCUT2D eigenvalue weighted by atomic mass is 10.1. The van der Waals surface area contributed by atoms with Crippen LogP contribution in [0.5, 0.6) is 0 Å². The molecule has 1 heterocycles. The van der Waals surface area contributed by atoms with E-state index in [0.29, 0.717) is 6.54 Å². The molecule has 170 valence electrons. The number of likely N-dealkylation sites (N-methyl/N-ethyl adjacent to an activating group) is 1. The lowest BCUT2D eigenvalue weighted by Gasteiger charge is -2.15. The first-order chi connectivity index (χ1) is 15.3. The smallest absolute Gasteiger partial charge is 0.246 e. The molecule has 3 rings (SSSR count). The molecule has 0 unspecified atom stereocenters. The number of aliphatic imine (C=N–C) groups is 1. The molecule has 0 radical (unpaired) electrons. The van der Waals surface area contributed by atoms with Crippen molar-refractivity contribution in [2.24, 2.45) is 4.99 Å². The number of amides is 1. The largest absolute Gasteiger partial charge is 0.368 e. The number of rotatable bonds is 9. The Balaban J connectivity index is 1.46. The standard InChI is InChI=1S/C22H24Cl2N4O3S/c1-28(14-16-7-9-17(10-8-16)22-26-12-13-27-22)20(29)6-3-11-25-15-32(30,31)19-5-2-4-18(23)21(19)24/h2-10,25H,11-15H2,1H3,(H,26,27). The molecule has 0 aromatic heterocycles. The Labute approximate surface area is 198 Å². The van der Waals surface area contributed by atoms with Crippen molar-refractivity contribution >= 4 is 44.8 Å². The van der Waals surface area contributed by atoms with E-state index in [1.165, 1.54) is 24.3 Å². The second-order valence-electron chi connectivity index (χ2n) is 7.22. The van der Waals surface area contributed by atoms with Crippen LogP contribution in [0, 0.1) is 0 Å². The third kappa shape index (κ3) is 6.32. The molecule has 0 atom stereocenters. The fraction of sp³-hybridized carbons (Fsp3) is 0.273. The van der Waals surface area contributed by atoms with Crippen molar-refractivity contribution in [2.45, 2.75) is 11.4 Å². The number of nitrogens with zero attached hydrogens (tertiary/aromatic N) is 2. The summed E-state index contributed by atoms with van der Waals surface area (Å²) in [5.41, 5.74) is 2.03. The van der Waals surface area contributed by atoms with E-state index >= 15 is 0 Å². The fourth-order valence-corrected chi connectivity index (χ4v) is 5.00. The van der Waals surface area contributed by atoms with Crippen molar-refractivity contribution in [1.82, 2.24) is 15.5 Å². The van der Waals surface area contributed by atoms with Gasteiger partial charge >= 0.3 is 0 Å². The van der Waals surface area contributed by atoms with Gasteiger partial charge in [0.05, 0.1) is 21.5 Å². The molecule has 0 fully saturated rings. The Morgan fingerprint density at radius 1 is 1.22 bits per heavy atom. The SMILES string of the molecule is CN(Cc1ccc(C2=NCCN2)cc1)C(=O)C=CCNCS(=O)(=O)c1cccc(Cl)c1Cl. The maximum absolute atomic E-state index is 12.4. The van der Waals surface area contributed by atoms with Crippen LogP contribution in [0.2, 0.25) is 10.0 Å². The Morgan fingerprint density at radius 2 is 1.97 bits per heavy atom. The number of carbonyl (C=O) groups is 1. The van der Waals surface area contributed by atoms with Crippen molar-refractivity contribution in [1.29, 1.82) is 0 Å². The third-order valence-corrected chi connectivity index (χ3v) is 7.29. The van der Waals surface area contributed by atoms with Gasteiger partial charge in [0.2, 0.25) is 5.91 Å². The first kappa shape index (κ1) is 24.3. The molecule has 10 heteroatoms. The van der Waals surface area contributed by atoms with Gasteiger partial charge in [0.25, 0.3) is 0 Å². The summed E-state index contributed by atoms with van der Waals surface area (Å²) >= 11 is 11.9. The number of benzene rings is 2. The highest BCUT2D eigenvalue weighted by molar-refractivity contribution is 7.91. The summed E-state index contributed by atoms with van der Waals surface area (Å²) in [5.74, 6) is 0.392. The molecule has 0 aliphatic carbocycles. The highest BCUT2D eigenvalue weighted by Gasteiger charge is 2.19. The Hall–Kier alpha value is -2.39. The third-order valence-electron chi connectivity index (χ3n) is 4.76. The maximum atomic E-state index is 12.4. The zero-order chi connectivity index (χ0) is 23.1. The highest BCUT2D eigenvalue weighted by atomic mass is 35.5. The molecule has 0 spiro atoms. The van der Waals surface area contributed by atoms with Gasteiger partial charge in [-0.2, -0.15) is 0 Å². The minimum Gasteiger partial charge on any atom is -0.368 e. The first-order valence-electron chi connectivity index (χ1n) is 9.94. The van der Waals surface area contributed by atoms with Crippen LogP contribution < -0.4 is 10.6 Å². The van der Waals surface area contributed by atoms with Crippen LogP contribution in [0.3, 0.4) is 0 Å². The summed E-state index contributed by atoms with van der Waals surface area (Å²) in [6.45, 7) is 2.31. The van der Waals surface area contributed by atoms with Crippen LogP contribution in [-0.2, 0) is 21.2 Å². The van der Waals surface area contributed by atoms with Crippen LogP contribution in [0.15, 0.2) is 64.5 Å². The predicted octanol–water partition coefficient (Wildman–Crippen LogP) is 2.88. The summed E-state index contributed by atoms with van der Waals surface area (Å²) < 4.78 is 24.8. The van der Waals surface area contributed by atoms with Gasteiger partial charge in [0.15, 0.2) is 9.84 Å². The molecule has 32 heavy (non-hydrogen) atoms. The van der Waals surface area contributed by atoms with Gasteiger partial charge in [0.1, 0.15) is 11.7 Å². The molecule has 1 amide bonds. The van der Waals surface area contributed by atoms with Gasteiger partial charge in [-0.1, -0.05) is 59.6 Å². The van der Waals surface area contributed by atoms with Crippen LogP contribution >= 0.6 is 23.2 Å². The summed E-state index contributed by atoms with van der Waals surface area (Å²) in [6.07, 6.45) is 3.00. The topological polar surface area (TPSA) is 90.9 Å². The molecule has 1 aliphatic heterocycles. The summed E-state index contributed by atoms with van der Waals surface area (Å²) in [6, 6.07) is 12.4. The van der Waals surface area contributed by atoms with E-state index in [4.69, 9.17) is 23.2 Å². The normalized spacial score (nSPS) is 13.8. The Kier molecular flexibility index (Phi) is 8.31. The summed E-state index contributed by atoms with van der Waals surface area (Å²) in [4.78, 5) is 18.3. The van der Waals surface area contributed by atoms with Crippen molar-refractivity contribution in [3.05, 3.63) is 75.8 Å². The number of amidine groups is 1. The second-order valence-corrected chi connectivity index (χ2v) is 9.96. The molecule has 0 bridgehead atoms. The van der Waals surface area contributed by atoms with E-state index in [1.807, 2.05) is 24.3 Å². The quantitative estimate of drug-likeness (QED) is 0.413. The molecular formula is C22H24Cl2N4O3S. The molecule has 2 aromatic rings. The first-order valence-corrected chi connectivity index (χ1v) is 12.4. The van der Waals surface area contributed by atoms with Gasteiger partial charge in [0, 0.05) is 38.3 Å².